The molecule has 2 fully saturated rings. The molecule has 3 rings (SSSR count). The fourth-order valence-corrected chi connectivity index (χ4v) is 3.05. The topological polar surface area (TPSA) is 70.8 Å². The first-order valence-corrected chi connectivity index (χ1v) is 6.93. The van der Waals surface area contributed by atoms with Gasteiger partial charge in [-0.2, -0.15) is 0 Å². The van der Waals surface area contributed by atoms with Crippen molar-refractivity contribution >= 4 is 11.7 Å². The lowest BCUT2D eigenvalue weighted by atomic mass is 10.0. The fourth-order valence-electron chi connectivity index (χ4n) is 3.05. The number of benzene rings is 1. The molecule has 1 saturated heterocycles. The lowest BCUT2D eigenvalue weighted by Crippen LogP contribution is -2.30. The van der Waals surface area contributed by atoms with E-state index in [1.807, 2.05) is 18.2 Å². The Morgan fingerprint density at radius 2 is 2.00 bits per heavy atom. The van der Waals surface area contributed by atoms with E-state index in [-0.39, 0.29) is 0 Å². The lowest BCUT2D eigenvalue weighted by Gasteiger charge is -2.22. The Morgan fingerprint density at radius 1 is 1.30 bits per heavy atom. The van der Waals surface area contributed by atoms with Crippen LogP contribution in [0.2, 0.25) is 0 Å². The second-order valence-corrected chi connectivity index (χ2v) is 5.35. The molecule has 2 N–H and O–H groups in total. The van der Waals surface area contributed by atoms with Crippen molar-refractivity contribution in [3.05, 3.63) is 29.8 Å². The zero-order valence-electron chi connectivity index (χ0n) is 11.5. The molecule has 108 valence electrons. The monoisotopic (exact) mass is 277 g/mol. The maximum Gasteiger partial charge on any atom is 0.338 e. The average molecular weight is 277 g/mol. The number of para-hydroxylation sites is 1. The number of hydrogen-bond acceptors (Lipinski definition) is 5. The van der Waals surface area contributed by atoms with Crippen LogP contribution in [0.4, 0.5) is 5.69 Å². The molecule has 2 aliphatic rings. The molecule has 5 nitrogen and oxygen atoms in total. The van der Waals surface area contributed by atoms with Crippen LogP contribution in [-0.4, -0.2) is 25.0 Å². The van der Waals surface area contributed by atoms with Gasteiger partial charge in [-0.1, -0.05) is 18.2 Å². The minimum Gasteiger partial charge on any atom is -0.467 e. The first kappa shape index (κ1) is 13.4. The van der Waals surface area contributed by atoms with E-state index >= 15 is 0 Å². The van der Waals surface area contributed by atoms with Gasteiger partial charge in [0.1, 0.15) is 6.10 Å². The Hall–Kier alpha value is -1.59. The molecule has 2 atom stereocenters. The molecule has 0 aromatic heterocycles. The highest BCUT2D eigenvalue weighted by Crippen LogP contribution is 2.48. The van der Waals surface area contributed by atoms with Crippen LogP contribution in [0, 0.1) is 0 Å². The van der Waals surface area contributed by atoms with E-state index in [1.165, 1.54) is 7.11 Å². The maximum atomic E-state index is 12.0. The Morgan fingerprint density at radius 3 is 2.65 bits per heavy atom. The summed E-state index contributed by atoms with van der Waals surface area (Å²) in [7, 11) is 1.36. The van der Waals surface area contributed by atoms with Gasteiger partial charge < -0.3 is 19.9 Å². The van der Waals surface area contributed by atoms with Gasteiger partial charge in [-0.15, -0.1) is 0 Å². The van der Waals surface area contributed by atoms with Gasteiger partial charge in [-0.05, 0) is 18.9 Å². The van der Waals surface area contributed by atoms with Gasteiger partial charge in [-0.3, -0.25) is 0 Å². The highest BCUT2D eigenvalue weighted by molar-refractivity contribution is 5.76. The predicted molar refractivity (Wildman–Crippen MR) is 72.8 cm³/mol. The zero-order valence-corrected chi connectivity index (χ0v) is 11.5. The summed E-state index contributed by atoms with van der Waals surface area (Å²) in [6, 6.07) is 7.40. The van der Waals surface area contributed by atoms with Crippen LogP contribution in [0.15, 0.2) is 24.3 Å². The van der Waals surface area contributed by atoms with Gasteiger partial charge in [0.05, 0.1) is 7.11 Å². The summed E-state index contributed by atoms with van der Waals surface area (Å²) in [6.45, 7) is 0. The van der Waals surface area contributed by atoms with Crippen molar-refractivity contribution in [1.29, 1.82) is 0 Å². The molecule has 0 bridgehead atoms. The summed E-state index contributed by atoms with van der Waals surface area (Å²) in [5, 5.41) is 0. The van der Waals surface area contributed by atoms with E-state index in [1.54, 1.807) is 6.07 Å². The van der Waals surface area contributed by atoms with E-state index in [4.69, 9.17) is 19.9 Å². The third-order valence-corrected chi connectivity index (χ3v) is 4.06. The van der Waals surface area contributed by atoms with Crippen molar-refractivity contribution in [2.75, 3.05) is 12.8 Å². The molecular weight excluding hydrogens is 258 g/mol. The van der Waals surface area contributed by atoms with Crippen LogP contribution >= 0.6 is 0 Å². The molecule has 1 aliphatic heterocycles. The Balaban J connectivity index is 1.94. The Bertz CT molecular complexity index is 510. The highest BCUT2D eigenvalue weighted by atomic mass is 16.8. The number of hydrogen-bond donors (Lipinski definition) is 1. The lowest BCUT2D eigenvalue weighted by molar-refractivity contribution is -0.180. The summed E-state index contributed by atoms with van der Waals surface area (Å²) in [6.07, 6.45) is 2.47. The van der Waals surface area contributed by atoms with E-state index in [9.17, 15) is 4.79 Å². The largest absolute Gasteiger partial charge is 0.467 e. The molecular formula is C15H19NO4. The quantitative estimate of drug-likeness (QED) is 0.662. The molecule has 20 heavy (non-hydrogen) atoms. The maximum absolute atomic E-state index is 12.0. The van der Waals surface area contributed by atoms with Crippen LogP contribution in [-0.2, 0) is 19.0 Å². The Labute approximate surface area is 118 Å². The number of esters is 1. The molecule has 1 aromatic carbocycles. The van der Waals surface area contributed by atoms with Crippen LogP contribution < -0.4 is 5.73 Å². The van der Waals surface area contributed by atoms with Crippen molar-refractivity contribution < 1.29 is 19.0 Å². The molecule has 1 aromatic rings. The standard InChI is InChI=1S/C15H19NO4/c1-18-14(17)13-12(10-6-2-3-7-11(10)16)19-15(20-13)8-4-5-9-15/h2-3,6-7,12-13H,4-5,8-9,16H2,1H3/t12-,13-/m1/s1. The van der Waals surface area contributed by atoms with Crippen LogP contribution in [0.25, 0.3) is 0 Å². The normalized spacial score (nSPS) is 27.9. The number of methoxy groups -OCH3 is 1. The summed E-state index contributed by atoms with van der Waals surface area (Å²) in [4.78, 5) is 12.0. The summed E-state index contributed by atoms with van der Waals surface area (Å²) >= 11 is 0. The van der Waals surface area contributed by atoms with Crippen LogP contribution in [0.1, 0.15) is 37.4 Å². The fraction of sp³-hybridized carbons (Fsp3) is 0.533. The number of nitrogens with two attached hydrogens (primary N) is 1. The van der Waals surface area contributed by atoms with Gasteiger partial charge in [-0.25, -0.2) is 4.79 Å². The van der Waals surface area contributed by atoms with Gasteiger partial charge in [0.25, 0.3) is 0 Å². The van der Waals surface area contributed by atoms with E-state index in [0.717, 1.165) is 31.2 Å². The SMILES string of the molecule is COC(=O)[C@@H]1OC2(CCCC2)O[C@@H]1c1ccccc1N. The molecule has 1 heterocycles. The third kappa shape index (κ3) is 2.17. The zero-order chi connectivity index (χ0) is 14.2. The molecule has 1 spiro atoms. The minimum atomic E-state index is -0.747. The molecule has 1 aliphatic carbocycles. The van der Waals surface area contributed by atoms with Gasteiger partial charge >= 0.3 is 5.97 Å². The number of nitrogen functional groups attached to an aromatic ring is 1. The third-order valence-electron chi connectivity index (χ3n) is 4.06. The number of rotatable bonds is 2. The summed E-state index contributed by atoms with van der Waals surface area (Å²) in [5.41, 5.74) is 7.39. The van der Waals surface area contributed by atoms with Gasteiger partial charge in [0.2, 0.25) is 0 Å². The molecule has 0 unspecified atom stereocenters. The highest BCUT2D eigenvalue weighted by Gasteiger charge is 2.53. The van der Waals surface area contributed by atoms with Crippen LogP contribution in [0.5, 0.6) is 0 Å². The van der Waals surface area contributed by atoms with Crippen molar-refractivity contribution in [1.82, 2.24) is 0 Å². The number of anilines is 1. The van der Waals surface area contributed by atoms with Gasteiger partial charge in [0.15, 0.2) is 11.9 Å². The number of carbonyl (C=O) groups is 1. The first-order chi connectivity index (χ1) is 9.65. The molecule has 0 amide bonds. The molecule has 5 heteroatoms. The number of carbonyl (C=O) groups excluding carboxylic acids is 1. The minimum absolute atomic E-state index is 0.415. The second-order valence-electron chi connectivity index (χ2n) is 5.35. The van der Waals surface area contributed by atoms with E-state index in [0.29, 0.717) is 5.69 Å². The predicted octanol–water partition coefficient (Wildman–Crippen LogP) is 2.17. The van der Waals surface area contributed by atoms with Crippen molar-refractivity contribution in [2.45, 2.75) is 43.7 Å². The summed E-state index contributed by atoms with van der Waals surface area (Å²) < 4.78 is 16.9. The first-order valence-electron chi connectivity index (χ1n) is 6.93. The summed E-state index contributed by atoms with van der Waals surface area (Å²) in [5.74, 6) is -1.06. The van der Waals surface area contributed by atoms with E-state index in [2.05, 4.69) is 0 Å². The number of ether oxygens (including phenoxy) is 3. The van der Waals surface area contributed by atoms with Crippen molar-refractivity contribution in [3.63, 3.8) is 0 Å². The van der Waals surface area contributed by atoms with Crippen LogP contribution in [0.3, 0.4) is 0 Å². The average Bonchev–Trinajstić information content (AvgIpc) is 3.07. The van der Waals surface area contributed by atoms with Crippen molar-refractivity contribution in [2.24, 2.45) is 0 Å². The Kier molecular flexibility index (Phi) is 3.40. The second kappa shape index (κ2) is 5.07. The van der Waals surface area contributed by atoms with E-state index < -0.39 is 24.0 Å². The van der Waals surface area contributed by atoms with Crippen molar-refractivity contribution in [3.8, 4) is 0 Å². The molecule has 0 radical (unpaired) electrons. The smallest absolute Gasteiger partial charge is 0.338 e. The van der Waals surface area contributed by atoms with Gasteiger partial charge in [0, 0.05) is 24.1 Å². The molecule has 1 saturated carbocycles.